The van der Waals surface area contributed by atoms with E-state index in [1.54, 1.807) is 0 Å². The van der Waals surface area contributed by atoms with E-state index in [2.05, 4.69) is 104 Å². The predicted molar refractivity (Wildman–Crippen MR) is 118 cm³/mol. The van der Waals surface area contributed by atoms with E-state index in [1.807, 2.05) is 0 Å². The smallest absolute Gasteiger partial charge is 0.0736 e. The van der Waals surface area contributed by atoms with Crippen molar-refractivity contribution in [1.29, 1.82) is 0 Å². The average molecular weight is 383 g/mol. The van der Waals surface area contributed by atoms with Crippen LogP contribution in [0.2, 0.25) is 0 Å². The Morgan fingerprint density at radius 1 is 0.962 bits per heavy atom. The molecule has 3 rings (SSSR count). The van der Waals surface area contributed by atoms with E-state index >= 15 is 0 Å². The van der Waals surface area contributed by atoms with Crippen LogP contribution < -0.4 is 0 Å². The van der Waals surface area contributed by atoms with E-state index in [-0.39, 0.29) is 4.08 Å². The van der Waals surface area contributed by atoms with Crippen LogP contribution in [0.15, 0.2) is 82.1 Å². The summed E-state index contributed by atoms with van der Waals surface area (Å²) in [4.78, 5) is 2.80. The summed E-state index contributed by atoms with van der Waals surface area (Å²) in [6, 6.07) is 22.0. The molecule has 0 nitrogen and oxygen atoms in total. The number of allylic oxidation sites excluding steroid dienone is 2. The van der Waals surface area contributed by atoms with E-state index < -0.39 is 0 Å². The Morgan fingerprint density at radius 3 is 2.08 bits per heavy atom. The minimum absolute atomic E-state index is 0.228. The van der Waals surface area contributed by atoms with Crippen molar-refractivity contribution in [2.45, 2.75) is 66.2 Å². The van der Waals surface area contributed by atoms with Gasteiger partial charge in [-0.15, -0.1) is 23.5 Å². The second kappa shape index (κ2) is 9.71. The summed E-state index contributed by atoms with van der Waals surface area (Å²) in [6.07, 6.45) is 10.2. The molecule has 2 heteroatoms. The molecular formula is C24H30S2. The summed E-state index contributed by atoms with van der Waals surface area (Å²) >= 11 is 4.22. The van der Waals surface area contributed by atoms with Crippen LogP contribution >= 0.6 is 23.5 Å². The average Bonchev–Trinajstić information content (AvgIpc) is 2.68. The molecule has 0 spiro atoms. The first-order valence-electron chi connectivity index (χ1n) is 9.85. The molecule has 2 aromatic carbocycles. The third-order valence-corrected chi connectivity index (χ3v) is 8.61. The molecule has 0 heterocycles. The Bertz CT molecular complexity index is 649. The summed E-state index contributed by atoms with van der Waals surface area (Å²) in [5.74, 6) is 0.716. The number of hydrogen-bond acceptors (Lipinski definition) is 2. The minimum atomic E-state index is 0.228. The highest BCUT2D eigenvalue weighted by Gasteiger charge is 2.42. The van der Waals surface area contributed by atoms with Gasteiger partial charge in [0.05, 0.1) is 4.08 Å². The van der Waals surface area contributed by atoms with Gasteiger partial charge in [0.15, 0.2) is 0 Å². The Hall–Kier alpha value is -1.12. The maximum Gasteiger partial charge on any atom is 0.0736 e. The van der Waals surface area contributed by atoms with E-state index in [0.717, 1.165) is 6.42 Å². The van der Waals surface area contributed by atoms with Crippen LogP contribution in [0.25, 0.3) is 0 Å². The van der Waals surface area contributed by atoms with Crippen LogP contribution in [-0.4, -0.2) is 4.08 Å². The molecule has 0 aliphatic heterocycles. The van der Waals surface area contributed by atoms with Gasteiger partial charge in [-0.05, 0) is 62.8 Å². The fraction of sp³-hybridized carbons (Fsp3) is 0.417. The molecule has 1 aliphatic carbocycles. The zero-order chi connectivity index (χ0) is 18.2. The molecule has 26 heavy (non-hydrogen) atoms. The maximum atomic E-state index is 2.50. The lowest BCUT2D eigenvalue weighted by Crippen LogP contribution is -2.34. The molecule has 0 radical (unpaired) electrons. The lowest BCUT2D eigenvalue weighted by molar-refractivity contribution is 0.349. The molecule has 0 amide bonds. The topological polar surface area (TPSA) is 0 Å². The normalized spacial score (nSPS) is 20.1. The van der Waals surface area contributed by atoms with Crippen LogP contribution in [0, 0.1) is 5.92 Å². The van der Waals surface area contributed by atoms with Crippen molar-refractivity contribution in [3.05, 3.63) is 72.3 Å². The maximum absolute atomic E-state index is 2.50. The van der Waals surface area contributed by atoms with Crippen molar-refractivity contribution in [2.75, 3.05) is 0 Å². The fourth-order valence-electron chi connectivity index (χ4n) is 3.64. The van der Waals surface area contributed by atoms with E-state index in [0.29, 0.717) is 5.92 Å². The van der Waals surface area contributed by atoms with Gasteiger partial charge in [-0.3, -0.25) is 0 Å². The lowest BCUT2D eigenvalue weighted by atomic mass is 9.85. The van der Waals surface area contributed by atoms with Gasteiger partial charge in [-0.2, -0.15) is 0 Å². The Labute approximate surface area is 167 Å². The van der Waals surface area contributed by atoms with Crippen molar-refractivity contribution in [3.8, 4) is 0 Å². The number of rotatable bonds is 7. The molecule has 138 valence electrons. The fourth-order valence-corrected chi connectivity index (χ4v) is 7.02. The molecule has 1 atom stereocenters. The standard InChI is InChI=1S/C24H30S2/c1-3-20(2)17-18-21-12-10-11-19-24(21,25-22-13-6-4-7-14-22)26-23-15-8-5-9-16-23/h4-9,13-17,21H,3,10-12,18-19H2,1-2H3/b20-17-. The van der Waals surface area contributed by atoms with Crippen LogP contribution in [-0.2, 0) is 0 Å². The van der Waals surface area contributed by atoms with Gasteiger partial charge in [0.2, 0.25) is 0 Å². The van der Waals surface area contributed by atoms with Gasteiger partial charge in [-0.1, -0.05) is 67.8 Å². The summed E-state index contributed by atoms with van der Waals surface area (Å²) in [5, 5.41) is 0. The number of thioether (sulfide) groups is 2. The summed E-state index contributed by atoms with van der Waals surface area (Å²) < 4.78 is 0.228. The predicted octanol–water partition coefficient (Wildman–Crippen LogP) is 8.20. The molecule has 0 aromatic heterocycles. The van der Waals surface area contributed by atoms with Crippen molar-refractivity contribution in [3.63, 3.8) is 0 Å². The second-order valence-electron chi connectivity index (χ2n) is 7.22. The van der Waals surface area contributed by atoms with Crippen molar-refractivity contribution >= 4 is 23.5 Å². The van der Waals surface area contributed by atoms with Gasteiger partial charge < -0.3 is 0 Å². The highest BCUT2D eigenvalue weighted by Crippen LogP contribution is 2.57. The van der Waals surface area contributed by atoms with Crippen molar-refractivity contribution in [1.82, 2.24) is 0 Å². The van der Waals surface area contributed by atoms with Crippen LogP contribution in [0.3, 0.4) is 0 Å². The summed E-state index contributed by atoms with van der Waals surface area (Å²) in [5.41, 5.74) is 1.53. The Balaban J connectivity index is 1.91. The van der Waals surface area contributed by atoms with Crippen molar-refractivity contribution in [2.24, 2.45) is 5.92 Å². The second-order valence-corrected chi connectivity index (χ2v) is 10.3. The van der Waals surface area contributed by atoms with Crippen LogP contribution in [0.4, 0.5) is 0 Å². The van der Waals surface area contributed by atoms with Gasteiger partial charge in [0, 0.05) is 9.79 Å². The Morgan fingerprint density at radius 2 is 1.54 bits per heavy atom. The quantitative estimate of drug-likeness (QED) is 0.349. The summed E-state index contributed by atoms with van der Waals surface area (Å²) in [7, 11) is 0. The lowest BCUT2D eigenvalue weighted by Gasteiger charge is -2.43. The van der Waals surface area contributed by atoms with E-state index in [1.165, 1.54) is 47.5 Å². The third-order valence-electron chi connectivity index (χ3n) is 5.33. The van der Waals surface area contributed by atoms with Gasteiger partial charge in [-0.25, -0.2) is 0 Å². The highest BCUT2D eigenvalue weighted by atomic mass is 32.2. The molecule has 1 aliphatic rings. The first-order valence-corrected chi connectivity index (χ1v) is 11.5. The van der Waals surface area contributed by atoms with Gasteiger partial charge in [0.25, 0.3) is 0 Å². The summed E-state index contributed by atoms with van der Waals surface area (Å²) in [6.45, 7) is 4.54. The van der Waals surface area contributed by atoms with Crippen LogP contribution in [0.1, 0.15) is 52.4 Å². The molecule has 0 saturated heterocycles. The molecule has 2 aromatic rings. The van der Waals surface area contributed by atoms with Gasteiger partial charge in [0.1, 0.15) is 0 Å². The zero-order valence-electron chi connectivity index (χ0n) is 16.0. The highest BCUT2D eigenvalue weighted by molar-refractivity contribution is 8.18. The molecule has 1 fully saturated rings. The van der Waals surface area contributed by atoms with Gasteiger partial charge >= 0.3 is 0 Å². The largest absolute Gasteiger partial charge is 0.108 e. The first-order chi connectivity index (χ1) is 12.7. The minimum Gasteiger partial charge on any atom is -0.108 e. The van der Waals surface area contributed by atoms with Crippen molar-refractivity contribution < 1.29 is 0 Å². The van der Waals surface area contributed by atoms with Crippen LogP contribution in [0.5, 0.6) is 0 Å². The van der Waals surface area contributed by atoms with E-state index in [4.69, 9.17) is 0 Å². The SMILES string of the molecule is CC/C(C)=C\CC1CCCCC1(Sc1ccccc1)Sc1ccccc1. The molecule has 1 saturated carbocycles. The molecular weight excluding hydrogens is 352 g/mol. The van der Waals surface area contributed by atoms with E-state index in [9.17, 15) is 0 Å². The number of benzene rings is 2. The first kappa shape index (κ1) is 19.6. The molecule has 0 bridgehead atoms. The molecule has 1 unspecified atom stereocenters. The number of hydrogen-bond donors (Lipinski definition) is 0. The monoisotopic (exact) mass is 382 g/mol. The zero-order valence-corrected chi connectivity index (χ0v) is 17.6. The molecule has 0 N–H and O–H groups in total. The third kappa shape index (κ3) is 5.20. The Kier molecular flexibility index (Phi) is 7.33.